The number of carbonyl (C=O) groups excluding carboxylic acids is 1. The standard InChI is InChI=1S/C13H13Cl2NO3/c14-9-4-3-8(5-10(9)15)13(19)16-11(6-12(17)18)7-1-2-7/h3-5,7,11H,1-2,6H2,(H,16,19)(H,17,18). The van der Waals surface area contributed by atoms with Gasteiger partial charge in [-0.3, -0.25) is 9.59 Å². The molecule has 0 saturated heterocycles. The van der Waals surface area contributed by atoms with E-state index >= 15 is 0 Å². The summed E-state index contributed by atoms with van der Waals surface area (Å²) < 4.78 is 0. The topological polar surface area (TPSA) is 66.4 Å². The first-order valence-corrected chi connectivity index (χ1v) is 6.70. The third-order valence-electron chi connectivity index (χ3n) is 3.08. The molecule has 1 aliphatic rings. The van der Waals surface area contributed by atoms with Crippen LogP contribution in [0.1, 0.15) is 29.6 Å². The number of amides is 1. The van der Waals surface area contributed by atoms with Gasteiger partial charge in [-0.15, -0.1) is 0 Å². The average molecular weight is 302 g/mol. The van der Waals surface area contributed by atoms with E-state index < -0.39 is 5.97 Å². The molecule has 6 heteroatoms. The van der Waals surface area contributed by atoms with Gasteiger partial charge in [-0.2, -0.15) is 0 Å². The number of benzene rings is 1. The normalized spacial score (nSPS) is 15.9. The number of halogens is 2. The van der Waals surface area contributed by atoms with E-state index in [-0.39, 0.29) is 24.3 Å². The zero-order valence-electron chi connectivity index (χ0n) is 10.0. The molecule has 102 valence electrons. The van der Waals surface area contributed by atoms with Gasteiger partial charge < -0.3 is 10.4 Å². The molecule has 0 aromatic heterocycles. The second kappa shape index (κ2) is 5.80. The molecule has 1 aliphatic carbocycles. The molecule has 19 heavy (non-hydrogen) atoms. The van der Waals surface area contributed by atoms with E-state index in [1.807, 2.05) is 0 Å². The Morgan fingerprint density at radius 2 is 2.00 bits per heavy atom. The number of nitrogens with one attached hydrogen (secondary N) is 1. The van der Waals surface area contributed by atoms with Crippen molar-refractivity contribution in [2.75, 3.05) is 0 Å². The maximum atomic E-state index is 12.0. The van der Waals surface area contributed by atoms with Crippen molar-refractivity contribution >= 4 is 35.1 Å². The third kappa shape index (κ3) is 3.85. The lowest BCUT2D eigenvalue weighted by Gasteiger charge is -2.16. The van der Waals surface area contributed by atoms with Gasteiger partial charge in [0.1, 0.15) is 0 Å². The number of carboxylic acids is 1. The zero-order chi connectivity index (χ0) is 14.0. The summed E-state index contributed by atoms with van der Waals surface area (Å²) in [5.74, 6) is -0.967. The Hall–Kier alpha value is -1.26. The fraction of sp³-hybridized carbons (Fsp3) is 0.385. The van der Waals surface area contributed by atoms with E-state index in [0.29, 0.717) is 15.6 Å². The van der Waals surface area contributed by atoms with Crippen molar-refractivity contribution in [2.24, 2.45) is 5.92 Å². The molecule has 1 aromatic carbocycles. The first kappa shape index (κ1) is 14.2. The molecule has 0 radical (unpaired) electrons. The van der Waals surface area contributed by atoms with Crippen LogP contribution in [0, 0.1) is 5.92 Å². The lowest BCUT2D eigenvalue weighted by molar-refractivity contribution is -0.137. The summed E-state index contributed by atoms with van der Waals surface area (Å²) >= 11 is 11.6. The summed E-state index contributed by atoms with van der Waals surface area (Å²) in [6.45, 7) is 0. The minimum atomic E-state index is -0.911. The van der Waals surface area contributed by atoms with Crippen molar-refractivity contribution in [1.29, 1.82) is 0 Å². The highest BCUT2D eigenvalue weighted by atomic mass is 35.5. The third-order valence-corrected chi connectivity index (χ3v) is 3.82. The molecule has 1 unspecified atom stereocenters. The van der Waals surface area contributed by atoms with Crippen molar-refractivity contribution < 1.29 is 14.7 Å². The van der Waals surface area contributed by atoms with Crippen LogP contribution in [0.25, 0.3) is 0 Å². The predicted octanol–water partition coefficient (Wildman–Crippen LogP) is 2.98. The molecule has 4 nitrogen and oxygen atoms in total. The van der Waals surface area contributed by atoms with Gasteiger partial charge >= 0.3 is 5.97 Å². The second-order valence-electron chi connectivity index (χ2n) is 4.64. The maximum absolute atomic E-state index is 12.0. The van der Waals surface area contributed by atoms with E-state index in [4.69, 9.17) is 28.3 Å². The number of hydrogen-bond donors (Lipinski definition) is 2. The quantitative estimate of drug-likeness (QED) is 0.878. The van der Waals surface area contributed by atoms with Crippen LogP contribution in [0.5, 0.6) is 0 Å². The van der Waals surface area contributed by atoms with Crippen LogP contribution in [0.2, 0.25) is 10.0 Å². The molecule has 1 saturated carbocycles. The van der Waals surface area contributed by atoms with Crippen LogP contribution in [0.15, 0.2) is 18.2 Å². The highest BCUT2D eigenvalue weighted by Gasteiger charge is 2.33. The van der Waals surface area contributed by atoms with Crippen LogP contribution >= 0.6 is 23.2 Å². The summed E-state index contributed by atoms with van der Waals surface area (Å²) in [7, 11) is 0. The van der Waals surface area contributed by atoms with Crippen molar-refractivity contribution in [1.82, 2.24) is 5.32 Å². The molecule has 0 bridgehead atoms. The van der Waals surface area contributed by atoms with Gasteiger partial charge in [-0.1, -0.05) is 23.2 Å². The molecule has 0 aliphatic heterocycles. The largest absolute Gasteiger partial charge is 0.481 e. The zero-order valence-corrected chi connectivity index (χ0v) is 11.5. The summed E-state index contributed by atoms with van der Waals surface area (Å²) in [5.41, 5.74) is 0.380. The van der Waals surface area contributed by atoms with Crippen LogP contribution in [0.3, 0.4) is 0 Å². The van der Waals surface area contributed by atoms with E-state index in [9.17, 15) is 9.59 Å². The van der Waals surface area contributed by atoms with Crippen molar-refractivity contribution in [3.05, 3.63) is 33.8 Å². The van der Waals surface area contributed by atoms with Crippen LogP contribution in [0.4, 0.5) is 0 Å². The van der Waals surface area contributed by atoms with Gasteiger partial charge in [-0.05, 0) is 37.0 Å². The molecule has 0 heterocycles. The molecule has 2 N–H and O–H groups in total. The van der Waals surface area contributed by atoms with Crippen LogP contribution in [-0.2, 0) is 4.79 Å². The Bertz CT molecular complexity index is 515. The van der Waals surface area contributed by atoms with Crippen LogP contribution < -0.4 is 5.32 Å². The molecule has 1 atom stereocenters. The fourth-order valence-corrected chi connectivity index (χ4v) is 2.21. The van der Waals surface area contributed by atoms with Crippen LogP contribution in [-0.4, -0.2) is 23.0 Å². The minimum Gasteiger partial charge on any atom is -0.481 e. The van der Waals surface area contributed by atoms with Gasteiger partial charge in [0.05, 0.1) is 16.5 Å². The van der Waals surface area contributed by atoms with Gasteiger partial charge in [0.2, 0.25) is 0 Å². The lowest BCUT2D eigenvalue weighted by Crippen LogP contribution is -2.38. The Kier molecular flexibility index (Phi) is 4.32. The molecule has 1 fully saturated rings. The Labute approximate surface area is 120 Å². The molecular weight excluding hydrogens is 289 g/mol. The van der Waals surface area contributed by atoms with Crippen molar-refractivity contribution in [3.8, 4) is 0 Å². The van der Waals surface area contributed by atoms with Crippen molar-refractivity contribution in [2.45, 2.75) is 25.3 Å². The molecule has 2 rings (SSSR count). The second-order valence-corrected chi connectivity index (χ2v) is 5.46. The number of rotatable bonds is 5. The van der Waals surface area contributed by atoms with E-state index in [2.05, 4.69) is 5.32 Å². The summed E-state index contributed by atoms with van der Waals surface area (Å²) in [6, 6.07) is 4.26. The van der Waals surface area contributed by atoms with E-state index in [1.54, 1.807) is 12.1 Å². The lowest BCUT2D eigenvalue weighted by atomic mass is 10.1. The molecule has 0 spiro atoms. The number of hydrogen-bond acceptors (Lipinski definition) is 2. The molecule has 1 amide bonds. The molecule has 1 aromatic rings. The Balaban J connectivity index is 2.05. The van der Waals surface area contributed by atoms with Gasteiger partial charge in [-0.25, -0.2) is 0 Å². The summed E-state index contributed by atoms with van der Waals surface area (Å²) in [6.07, 6.45) is 1.86. The number of carboxylic acid groups (broad SMARTS) is 1. The Morgan fingerprint density at radius 1 is 1.32 bits per heavy atom. The first-order chi connectivity index (χ1) is 8.97. The monoisotopic (exact) mass is 301 g/mol. The van der Waals surface area contributed by atoms with E-state index in [1.165, 1.54) is 6.07 Å². The average Bonchev–Trinajstić information content (AvgIpc) is 3.15. The minimum absolute atomic E-state index is 0.0578. The Morgan fingerprint density at radius 3 is 2.53 bits per heavy atom. The molecular formula is C13H13Cl2NO3. The van der Waals surface area contributed by atoms with Gasteiger partial charge in [0, 0.05) is 11.6 Å². The maximum Gasteiger partial charge on any atom is 0.305 e. The predicted molar refractivity (Wildman–Crippen MR) is 72.7 cm³/mol. The fourth-order valence-electron chi connectivity index (χ4n) is 1.91. The smallest absolute Gasteiger partial charge is 0.305 e. The number of carbonyl (C=O) groups is 2. The van der Waals surface area contributed by atoms with Gasteiger partial charge in [0.25, 0.3) is 5.91 Å². The summed E-state index contributed by atoms with van der Waals surface area (Å²) in [4.78, 5) is 22.8. The number of aliphatic carboxylic acids is 1. The highest BCUT2D eigenvalue weighted by molar-refractivity contribution is 6.42. The SMILES string of the molecule is O=C(O)CC(NC(=O)c1ccc(Cl)c(Cl)c1)C1CC1. The van der Waals surface area contributed by atoms with E-state index in [0.717, 1.165) is 12.8 Å². The van der Waals surface area contributed by atoms with Crippen molar-refractivity contribution in [3.63, 3.8) is 0 Å². The first-order valence-electron chi connectivity index (χ1n) is 5.95. The summed E-state index contributed by atoms with van der Waals surface area (Å²) in [5, 5.41) is 12.3. The highest BCUT2D eigenvalue weighted by Crippen LogP contribution is 2.34. The van der Waals surface area contributed by atoms with Gasteiger partial charge in [0.15, 0.2) is 0 Å².